The van der Waals surface area contributed by atoms with Crippen molar-refractivity contribution in [3.05, 3.63) is 50.9 Å². The van der Waals surface area contributed by atoms with Crippen LogP contribution in [0.1, 0.15) is 22.1 Å². The van der Waals surface area contributed by atoms with Gasteiger partial charge in [-0.2, -0.15) is 0 Å². The number of aromatic nitrogens is 1. The van der Waals surface area contributed by atoms with Crippen LogP contribution in [0.25, 0.3) is 0 Å². The van der Waals surface area contributed by atoms with Gasteiger partial charge in [-0.1, -0.05) is 23.7 Å². The van der Waals surface area contributed by atoms with Crippen LogP contribution in [-0.4, -0.2) is 10.1 Å². The molecule has 0 amide bonds. The summed E-state index contributed by atoms with van der Waals surface area (Å²) in [5.74, 6) is 0. The van der Waals surface area contributed by atoms with Crippen molar-refractivity contribution in [1.82, 2.24) is 4.98 Å². The number of hydrogen-bond acceptors (Lipinski definition) is 3. The highest BCUT2D eigenvalue weighted by Gasteiger charge is 2.12. The zero-order valence-corrected chi connectivity index (χ0v) is 9.72. The fourth-order valence-electron chi connectivity index (χ4n) is 1.30. The van der Waals surface area contributed by atoms with Gasteiger partial charge in [0.2, 0.25) is 0 Å². The molecular formula is C11H10ClNOS. The Labute approximate surface area is 97.2 Å². The molecule has 0 radical (unpaired) electrons. The third-order valence-corrected chi connectivity index (χ3v) is 3.47. The fourth-order valence-corrected chi connectivity index (χ4v) is 2.12. The minimum Gasteiger partial charge on any atom is -0.383 e. The van der Waals surface area contributed by atoms with Crippen molar-refractivity contribution in [3.8, 4) is 0 Å². The van der Waals surface area contributed by atoms with E-state index in [9.17, 15) is 5.11 Å². The predicted molar refractivity (Wildman–Crippen MR) is 62.4 cm³/mol. The van der Waals surface area contributed by atoms with Gasteiger partial charge in [-0.05, 0) is 24.1 Å². The first kappa shape index (κ1) is 10.6. The molecule has 0 bridgehead atoms. The van der Waals surface area contributed by atoms with Crippen molar-refractivity contribution in [3.63, 3.8) is 0 Å². The van der Waals surface area contributed by atoms with Crippen LogP contribution in [0.3, 0.4) is 0 Å². The van der Waals surface area contributed by atoms with E-state index in [-0.39, 0.29) is 0 Å². The van der Waals surface area contributed by atoms with E-state index in [1.165, 1.54) is 11.3 Å². The van der Waals surface area contributed by atoms with E-state index in [1.807, 2.05) is 19.1 Å². The quantitative estimate of drug-likeness (QED) is 0.873. The molecule has 0 aliphatic rings. The highest BCUT2D eigenvalue weighted by Crippen LogP contribution is 2.27. The molecule has 2 aromatic rings. The highest BCUT2D eigenvalue weighted by molar-refractivity contribution is 7.09. The van der Waals surface area contributed by atoms with Gasteiger partial charge in [0.05, 0.1) is 10.4 Å². The molecule has 0 saturated heterocycles. The Morgan fingerprint density at radius 3 is 2.87 bits per heavy atom. The fraction of sp³-hybridized carbons (Fsp3) is 0.182. The van der Waals surface area contributed by atoms with Crippen LogP contribution in [-0.2, 0) is 0 Å². The van der Waals surface area contributed by atoms with Gasteiger partial charge in [-0.25, -0.2) is 0 Å². The Morgan fingerprint density at radius 2 is 2.27 bits per heavy atom. The number of thiazole rings is 1. The van der Waals surface area contributed by atoms with E-state index in [0.29, 0.717) is 5.02 Å². The predicted octanol–water partition coefficient (Wildman–Crippen LogP) is 3.19. The average Bonchev–Trinajstić information content (AvgIpc) is 2.74. The van der Waals surface area contributed by atoms with E-state index in [2.05, 4.69) is 4.98 Å². The Morgan fingerprint density at radius 1 is 1.47 bits per heavy atom. The Balaban J connectivity index is 2.34. The summed E-state index contributed by atoms with van der Waals surface area (Å²) in [6.07, 6.45) is 1.04. The Hall–Kier alpha value is -0.900. The molecule has 1 aromatic heterocycles. The number of aryl methyl sites for hydroxylation is 1. The minimum atomic E-state index is -0.629. The lowest BCUT2D eigenvalue weighted by atomic mass is 10.1. The molecule has 15 heavy (non-hydrogen) atoms. The van der Waals surface area contributed by atoms with Crippen molar-refractivity contribution >= 4 is 22.9 Å². The zero-order valence-electron chi connectivity index (χ0n) is 8.14. The highest BCUT2D eigenvalue weighted by atomic mass is 35.5. The number of benzene rings is 1. The van der Waals surface area contributed by atoms with Crippen LogP contribution < -0.4 is 0 Å². The van der Waals surface area contributed by atoms with Gasteiger partial charge >= 0.3 is 0 Å². The van der Waals surface area contributed by atoms with E-state index in [1.54, 1.807) is 17.8 Å². The second-order valence-corrected chi connectivity index (χ2v) is 4.64. The summed E-state index contributed by atoms with van der Waals surface area (Å²) in [5, 5.41) is 10.7. The maximum atomic E-state index is 10.0. The average molecular weight is 240 g/mol. The van der Waals surface area contributed by atoms with Crippen molar-refractivity contribution < 1.29 is 5.11 Å². The van der Waals surface area contributed by atoms with Crippen LogP contribution in [0.4, 0.5) is 0 Å². The van der Waals surface area contributed by atoms with Crippen molar-refractivity contribution in [2.75, 3.05) is 0 Å². The van der Waals surface area contributed by atoms with Crippen LogP contribution >= 0.6 is 22.9 Å². The van der Waals surface area contributed by atoms with Crippen molar-refractivity contribution in [2.24, 2.45) is 0 Å². The van der Waals surface area contributed by atoms with Gasteiger partial charge in [-0.3, -0.25) is 4.98 Å². The molecule has 0 fully saturated rings. The lowest BCUT2D eigenvalue weighted by Crippen LogP contribution is -1.97. The molecule has 1 unspecified atom stereocenters. The SMILES string of the molecule is Cc1ccc(C(O)c2cncs2)cc1Cl. The maximum absolute atomic E-state index is 10.0. The first-order valence-electron chi connectivity index (χ1n) is 4.51. The van der Waals surface area contributed by atoms with Gasteiger partial charge in [0.1, 0.15) is 6.10 Å². The first-order valence-corrected chi connectivity index (χ1v) is 5.77. The van der Waals surface area contributed by atoms with Crippen LogP contribution in [0.15, 0.2) is 29.9 Å². The molecule has 2 nitrogen and oxygen atoms in total. The second kappa shape index (κ2) is 4.31. The van der Waals surface area contributed by atoms with Gasteiger partial charge in [0.25, 0.3) is 0 Å². The largest absolute Gasteiger partial charge is 0.383 e. The van der Waals surface area contributed by atoms with Gasteiger partial charge in [0.15, 0.2) is 0 Å². The smallest absolute Gasteiger partial charge is 0.115 e. The van der Waals surface area contributed by atoms with E-state index in [4.69, 9.17) is 11.6 Å². The second-order valence-electron chi connectivity index (χ2n) is 3.31. The summed E-state index contributed by atoms with van der Waals surface area (Å²) in [5.41, 5.74) is 3.51. The summed E-state index contributed by atoms with van der Waals surface area (Å²) >= 11 is 7.43. The summed E-state index contributed by atoms with van der Waals surface area (Å²) in [6, 6.07) is 5.58. The van der Waals surface area contributed by atoms with Crippen LogP contribution in [0.2, 0.25) is 5.02 Å². The Bertz CT molecular complexity index is 456. The molecule has 4 heteroatoms. The lowest BCUT2D eigenvalue weighted by molar-refractivity contribution is 0.224. The van der Waals surface area contributed by atoms with Gasteiger partial charge in [-0.15, -0.1) is 11.3 Å². The number of aliphatic hydroxyl groups excluding tert-OH is 1. The molecule has 78 valence electrons. The zero-order chi connectivity index (χ0) is 10.8. The molecule has 1 heterocycles. The molecule has 1 aromatic carbocycles. The molecule has 0 saturated carbocycles. The third kappa shape index (κ3) is 2.20. The Kier molecular flexibility index (Phi) is 3.05. The molecule has 0 aliphatic carbocycles. The van der Waals surface area contributed by atoms with Crippen molar-refractivity contribution in [2.45, 2.75) is 13.0 Å². The molecule has 0 spiro atoms. The monoisotopic (exact) mass is 239 g/mol. The van der Waals surface area contributed by atoms with Crippen LogP contribution in [0.5, 0.6) is 0 Å². The van der Waals surface area contributed by atoms with E-state index >= 15 is 0 Å². The normalized spacial score (nSPS) is 12.7. The van der Waals surface area contributed by atoms with Crippen LogP contribution in [0, 0.1) is 6.92 Å². The lowest BCUT2D eigenvalue weighted by Gasteiger charge is -2.09. The minimum absolute atomic E-state index is 0.629. The van der Waals surface area contributed by atoms with Gasteiger partial charge in [0, 0.05) is 11.2 Å². The summed E-state index contributed by atoms with van der Waals surface area (Å²) in [7, 11) is 0. The first-order chi connectivity index (χ1) is 7.18. The number of halogens is 1. The molecule has 1 N–H and O–H groups in total. The standard InChI is InChI=1S/C11H10ClNOS/c1-7-2-3-8(4-9(7)12)11(14)10-5-13-6-15-10/h2-6,11,14H,1H3. The molecule has 2 rings (SSSR count). The number of nitrogens with zero attached hydrogens (tertiary/aromatic N) is 1. The molecular weight excluding hydrogens is 230 g/mol. The van der Waals surface area contributed by atoms with Crippen molar-refractivity contribution in [1.29, 1.82) is 0 Å². The number of rotatable bonds is 2. The maximum Gasteiger partial charge on any atom is 0.115 e. The summed E-state index contributed by atoms with van der Waals surface area (Å²) < 4.78 is 0. The molecule has 1 atom stereocenters. The van der Waals surface area contributed by atoms with Gasteiger partial charge < -0.3 is 5.11 Å². The van der Waals surface area contributed by atoms with E-state index in [0.717, 1.165) is 16.0 Å². The van der Waals surface area contributed by atoms with E-state index < -0.39 is 6.10 Å². The molecule has 0 aliphatic heterocycles. The number of aliphatic hydroxyl groups is 1. The number of hydrogen-bond donors (Lipinski definition) is 1. The summed E-state index contributed by atoms with van der Waals surface area (Å²) in [4.78, 5) is 4.76. The topological polar surface area (TPSA) is 33.1 Å². The summed E-state index contributed by atoms with van der Waals surface area (Å²) in [6.45, 7) is 1.94. The third-order valence-electron chi connectivity index (χ3n) is 2.23.